The lowest BCUT2D eigenvalue weighted by atomic mass is 9.96. The molecule has 2 N–H and O–H groups in total. The number of aromatic nitrogens is 3. The molecule has 0 saturated carbocycles. The van der Waals surface area contributed by atoms with Gasteiger partial charge < -0.3 is 10.2 Å². The van der Waals surface area contributed by atoms with Crippen molar-refractivity contribution in [1.29, 1.82) is 0 Å². The zero-order valence-corrected chi connectivity index (χ0v) is 11.8. The fourth-order valence-corrected chi connectivity index (χ4v) is 2.55. The van der Waals surface area contributed by atoms with E-state index in [1.807, 2.05) is 0 Å². The second-order valence-corrected chi connectivity index (χ2v) is 5.25. The number of aryl methyl sites for hydroxylation is 1. The van der Waals surface area contributed by atoms with Crippen molar-refractivity contribution in [2.24, 2.45) is 5.92 Å². The molecule has 0 aliphatic carbocycles. The average Bonchev–Trinajstić information content (AvgIpc) is 2.84. The Morgan fingerprint density at radius 3 is 2.74 bits per heavy atom. The number of hydrogen-bond acceptors (Lipinski definition) is 4. The molecule has 1 aromatic rings. The summed E-state index contributed by atoms with van der Waals surface area (Å²) in [6.45, 7) is 8.23. The molecule has 0 atom stereocenters. The van der Waals surface area contributed by atoms with E-state index in [-0.39, 0.29) is 5.91 Å². The second-order valence-electron chi connectivity index (χ2n) is 5.25. The van der Waals surface area contributed by atoms with E-state index in [4.69, 9.17) is 0 Å². The molecule has 1 aliphatic rings. The van der Waals surface area contributed by atoms with Gasteiger partial charge in [-0.15, -0.1) is 0 Å². The van der Waals surface area contributed by atoms with Gasteiger partial charge in [0.1, 0.15) is 0 Å². The summed E-state index contributed by atoms with van der Waals surface area (Å²) in [7, 11) is 0. The van der Waals surface area contributed by atoms with Gasteiger partial charge in [-0.3, -0.25) is 4.79 Å². The van der Waals surface area contributed by atoms with Crippen molar-refractivity contribution in [2.45, 2.75) is 33.1 Å². The Morgan fingerprint density at radius 1 is 1.42 bits per heavy atom. The fourth-order valence-electron chi connectivity index (χ4n) is 2.55. The standard InChI is InChI=1S/C13H23N5O/c1-3-6-18-7-4-11(5-8-18)9-14-13(19)12-10(2)15-17-16-12/h11H,3-9H2,1-2H3,(H,14,19)(H,15,16,17). The molecule has 106 valence electrons. The monoisotopic (exact) mass is 265 g/mol. The molecule has 2 heterocycles. The van der Waals surface area contributed by atoms with E-state index in [1.165, 1.54) is 13.0 Å². The molecule has 0 aromatic carbocycles. The maximum absolute atomic E-state index is 11.9. The van der Waals surface area contributed by atoms with Crippen molar-refractivity contribution < 1.29 is 4.79 Å². The number of piperidine rings is 1. The molecule has 2 rings (SSSR count). The number of amides is 1. The summed E-state index contributed by atoms with van der Waals surface area (Å²) in [5.74, 6) is 0.464. The van der Waals surface area contributed by atoms with E-state index in [1.54, 1.807) is 6.92 Å². The first-order valence-electron chi connectivity index (χ1n) is 7.08. The van der Waals surface area contributed by atoms with Crippen LogP contribution in [0.5, 0.6) is 0 Å². The first kappa shape index (κ1) is 14.0. The van der Waals surface area contributed by atoms with Gasteiger partial charge in [0.25, 0.3) is 5.91 Å². The maximum atomic E-state index is 11.9. The van der Waals surface area contributed by atoms with Gasteiger partial charge in [0.15, 0.2) is 5.69 Å². The molecule has 6 nitrogen and oxygen atoms in total. The van der Waals surface area contributed by atoms with E-state index in [9.17, 15) is 4.79 Å². The van der Waals surface area contributed by atoms with Crippen molar-refractivity contribution >= 4 is 5.91 Å². The van der Waals surface area contributed by atoms with Crippen LogP contribution in [-0.2, 0) is 0 Å². The average molecular weight is 265 g/mol. The number of rotatable bonds is 5. The van der Waals surface area contributed by atoms with Gasteiger partial charge in [0.05, 0.1) is 5.69 Å². The van der Waals surface area contributed by atoms with Crippen LogP contribution in [-0.4, -0.2) is 52.4 Å². The molecule has 0 spiro atoms. The van der Waals surface area contributed by atoms with Crippen LogP contribution in [0, 0.1) is 12.8 Å². The molecule has 1 saturated heterocycles. The van der Waals surface area contributed by atoms with Gasteiger partial charge in [-0.1, -0.05) is 6.92 Å². The summed E-state index contributed by atoms with van der Waals surface area (Å²) in [5, 5.41) is 13.2. The van der Waals surface area contributed by atoms with Crippen LogP contribution < -0.4 is 5.32 Å². The molecular weight excluding hydrogens is 242 g/mol. The molecule has 0 bridgehead atoms. The fraction of sp³-hybridized carbons (Fsp3) is 0.769. The highest BCUT2D eigenvalue weighted by molar-refractivity contribution is 5.93. The van der Waals surface area contributed by atoms with Gasteiger partial charge in [-0.2, -0.15) is 15.4 Å². The van der Waals surface area contributed by atoms with Crippen LogP contribution in [0.3, 0.4) is 0 Å². The third-order valence-corrected chi connectivity index (χ3v) is 3.74. The van der Waals surface area contributed by atoms with Crippen LogP contribution in [0.15, 0.2) is 0 Å². The minimum Gasteiger partial charge on any atom is -0.350 e. The Hall–Kier alpha value is -1.43. The third kappa shape index (κ3) is 3.76. The molecule has 0 unspecified atom stereocenters. The zero-order chi connectivity index (χ0) is 13.7. The Kier molecular flexibility index (Phi) is 4.90. The van der Waals surface area contributed by atoms with E-state index in [0.29, 0.717) is 17.3 Å². The number of H-pyrrole nitrogens is 1. The smallest absolute Gasteiger partial charge is 0.273 e. The molecule has 0 radical (unpaired) electrons. The molecule has 1 fully saturated rings. The number of nitrogens with zero attached hydrogens (tertiary/aromatic N) is 3. The lowest BCUT2D eigenvalue weighted by Crippen LogP contribution is -2.39. The van der Waals surface area contributed by atoms with Crippen LogP contribution in [0.25, 0.3) is 0 Å². The summed E-state index contributed by atoms with van der Waals surface area (Å²) in [6.07, 6.45) is 3.54. The summed E-state index contributed by atoms with van der Waals surface area (Å²) < 4.78 is 0. The Morgan fingerprint density at radius 2 is 2.16 bits per heavy atom. The van der Waals surface area contributed by atoms with Gasteiger partial charge in [0.2, 0.25) is 0 Å². The summed E-state index contributed by atoms with van der Waals surface area (Å²) in [5.41, 5.74) is 1.05. The predicted molar refractivity (Wildman–Crippen MR) is 72.9 cm³/mol. The molecule has 1 amide bonds. The van der Waals surface area contributed by atoms with Crippen LogP contribution in [0.2, 0.25) is 0 Å². The molecule has 1 aromatic heterocycles. The minimum absolute atomic E-state index is 0.123. The number of nitrogens with one attached hydrogen (secondary N) is 2. The highest BCUT2D eigenvalue weighted by Crippen LogP contribution is 2.16. The summed E-state index contributed by atoms with van der Waals surface area (Å²) in [4.78, 5) is 14.4. The number of carbonyl (C=O) groups excluding carboxylic acids is 1. The Labute approximate surface area is 113 Å². The first-order valence-corrected chi connectivity index (χ1v) is 7.08. The van der Waals surface area contributed by atoms with Crippen LogP contribution in [0.4, 0.5) is 0 Å². The lowest BCUT2D eigenvalue weighted by molar-refractivity contribution is 0.0930. The van der Waals surface area contributed by atoms with Crippen molar-refractivity contribution in [2.75, 3.05) is 26.2 Å². The largest absolute Gasteiger partial charge is 0.350 e. The van der Waals surface area contributed by atoms with E-state index >= 15 is 0 Å². The van der Waals surface area contributed by atoms with E-state index in [0.717, 1.165) is 32.5 Å². The number of carbonyl (C=O) groups is 1. The Bertz CT molecular complexity index is 409. The molecular formula is C13H23N5O. The quantitative estimate of drug-likeness (QED) is 0.832. The normalized spacial score (nSPS) is 17.6. The van der Waals surface area contributed by atoms with Gasteiger partial charge >= 0.3 is 0 Å². The van der Waals surface area contributed by atoms with Crippen molar-refractivity contribution in [3.8, 4) is 0 Å². The molecule has 1 aliphatic heterocycles. The summed E-state index contributed by atoms with van der Waals surface area (Å²) >= 11 is 0. The van der Waals surface area contributed by atoms with Crippen molar-refractivity contribution in [3.63, 3.8) is 0 Å². The van der Waals surface area contributed by atoms with E-state index in [2.05, 4.69) is 32.6 Å². The van der Waals surface area contributed by atoms with Crippen LogP contribution in [0.1, 0.15) is 42.4 Å². The number of aromatic amines is 1. The van der Waals surface area contributed by atoms with Crippen molar-refractivity contribution in [3.05, 3.63) is 11.4 Å². The minimum atomic E-state index is -0.123. The van der Waals surface area contributed by atoms with Crippen LogP contribution >= 0.6 is 0 Å². The zero-order valence-electron chi connectivity index (χ0n) is 11.8. The summed E-state index contributed by atoms with van der Waals surface area (Å²) in [6, 6.07) is 0. The van der Waals surface area contributed by atoms with E-state index < -0.39 is 0 Å². The lowest BCUT2D eigenvalue weighted by Gasteiger charge is -2.31. The predicted octanol–water partition coefficient (Wildman–Crippen LogP) is 0.965. The maximum Gasteiger partial charge on any atom is 0.273 e. The second kappa shape index (κ2) is 6.65. The number of likely N-dealkylation sites (tertiary alicyclic amines) is 1. The molecule has 19 heavy (non-hydrogen) atoms. The highest BCUT2D eigenvalue weighted by Gasteiger charge is 2.20. The Balaban J connectivity index is 1.72. The SMILES string of the molecule is CCCN1CCC(CNC(=O)c2n[nH]nc2C)CC1. The first-order chi connectivity index (χ1) is 9.20. The topological polar surface area (TPSA) is 73.9 Å². The van der Waals surface area contributed by atoms with Gasteiger partial charge in [-0.25, -0.2) is 0 Å². The van der Waals surface area contributed by atoms with Gasteiger partial charge in [0, 0.05) is 6.54 Å². The number of hydrogen-bond donors (Lipinski definition) is 2. The third-order valence-electron chi connectivity index (χ3n) is 3.74. The molecule has 6 heteroatoms. The highest BCUT2D eigenvalue weighted by atomic mass is 16.2. The van der Waals surface area contributed by atoms with Crippen molar-refractivity contribution in [1.82, 2.24) is 25.6 Å². The van der Waals surface area contributed by atoms with Gasteiger partial charge in [-0.05, 0) is 51.7 Å².